The van der Waals surface area contributed by atoms with Crippen molar-refractivity contribution in [2.45, 2.75) is 4.90 Å². The van der Waals surface area contributed by atoms with Crippen molar-refractivity contribution in [3.05, 3.63) is 41.4 Å². The van der Waals surface area contributed by atoms with Gasteiger partial charge in [0.25, 0.3) is 0 Å². The lowest BCUT2D eigenvalue weighted by molar-refractivity contribution is 0.599. The van der Waals surface area contributed by atoms with Gasteiger partial charge in [-0.2, -0.15) is 0 Å². The molecule has 0 bridgehead atoms. The highest BCUT2D eigenvalue weighted by atomic mass is 79.9. The van der Waals surface area contributed by atoms with Crippen LogP contribution in [0.5, 0.6) is 0 Å². The second-order valence-corrected chi connectivity index (χ2v) is 5.02. The van der Waals surface area contributed by atoms with Crippen LogP contribution in [0, 0.1) is 0 Å². The van der Waals surface area contributed by atoms with Crippen molar-refractivity contribution in [2.75, 3.05) is 5.75 Å². The van der Waals surface area contributed by atoms with Crippen molar-refractivity contribution in [1.82, 2.24) is 0 Å². The van der Waals surface area contributed by atoms with Gasteiger partial charge >= 0.3 is 0 Å². The monoisotopic (exact) mass is 260 g/mol. The number of sulfone groups is 1. The number of halogens is 1. The lowest BCUT2D eigenvalue weighted by Crippen LogP contribution is -2.03. The van der Waals surface area contributed by atoms with E-state index in [1.807, 2.05) is 0 Å². The molecule has 2 nitrogen and oxygen atoms in total. The van der Waals surface area contributed by atoms with Gasteiger partial charge in [-0.3, -0.25) is 0 Å². The van der Waals surface area contributed by atoms with Crippen LogP contribution in [-0.4, -0.2) is 14.2 Å². The molecule has 1 rings (SSSR count). The van der Waals surface area contributed by atoms with Crippen molar-refractivity contribution in [3.63, 3.8) is 0 Å². The van der Waals surface area contributed by atoms with Crippen LogP contribution in [0.25, 0.3) is 0 Å². The molecule has 70 valence electrons. The summed E-state index contributed by atoms with van der Waals surface area (Å²) in [7, 11) is -3.14. The highest BCUT2D eigenvalue weighted by Gasteiger charge is 2.10. The molecule has 1 aromatic rings. The van der Waals surface area contributed by atoms with Gasteiger partial charge in [-0.1, -0.05) is 40.2 Å². The molecule has 0 radical (unpaired) electrons. The third-order valence-corrected chi connectivity index (χ3v) is 3.50. The fraction of sp³-hybridized carbons (Fsp3) is 0.111. The van der Waals surface area contributed by atoms with Crippen molar-refractivity contribution >= 4 is 25.8 Å². The molecule has 0 fully saturated rings. The van der Waals surface area contributed by atoms with E-state index in [9.17, 15) is 8.42 Å². The third kappa shape index (κ3) is 2.97. The average Bonchev–Trinajstić information content (AvgIpc) is 2.16. The fourth-order valence-corrected chi connectivity index (χ4v) is 2.44. The minimum Gasteiger partial charge on any atom is -0.223 e. The summed E-state index contributed by atoms with van der Waals surface area (Å²) in [6.07, 6.45) is 1.56. The van der Waals surface area contributed by atoms with Crippen molar-refractivity contribution in [1.29, 1.82) is 0 Å². The zero-order valence-electron chi connectivity index (χ0n) is 6.85. The first-order valence-electron chi connectivity index (χ1n) is 3.70. The highest BCUT2D eigenvalue weighted by molar-refractivity contribution is 9.11. The lowest BCUT2D eigenvalue weighted by Gasteiger charge is -1.99. The topological polar surface area (TPSA) is 34.1 Å². The molecule has 0 spiro atoms. The molecule has 0 aliphatic heterocycles. The summed E-state index contributed by atoms with van der Waals surface area (Å²) >= 11 is 3.03. The van der Waals surface area contributed by atoms with Gasteiger partial charge in [0.15, 0.2) is 9.84 Å². The van der Waals surface area contributed by atoms with Crippen LogP contribution in [0.4, 0.5) is 0 Å². The van der Waals surface area contributed by atoms with E-state index in [0.717, 1.165) is 0 Å². The second-order valence-electron chi connectivity index (χ2n) is 2.46. The predicted molar refractivity (Wildman–Crippen MR) is 56.6 cm³/mol. The Kier molecular flexibility index (Phi) is 3.69. The number of rotatable bonds is 3. The molecule has 0 atom stereocenters. The fourth-order valence-electron chi connectivity index (χ4n) is 0.887. The first-order valence-corrected chi connectivity index (χ1v) is 6.26. The second kappa shape index (κ2) is 4.58. The van der Waals surface area contributed by atoms with E-state index in [4.69, 9.17) is 0 Å². The van der Waals surface area contributed by atoms with Crippen LogP contribution in [0.15, 0.2) is 46.3 Å². The average molecular weight is 261 g/mol. The Morgan fingerprint density at radius 2 is 1.85 bits per heavy atom. The van der Waals surface area contributed by atoms with Gasteiger partial charge in [-0.05, 0) is 17.1 Å². The molecule has 0 saturated heterocycles. The maximum absolute atomic E-state index is 11.5. The van der Waals surface area contributed by atoms with Gasteiger partial charge < -0.3 is 0 Å². The van der Waals surface area contributed by atoms with Gasteiger partial charge in [-0.25, -0.2) is 8.42 Å². The maximum Gasteiger partial charge on any atom is 0.181 e. The predicted octanol–water partition coefficient (Wildman–Crippen LogP) is 2.37. The highest BCUT2D eigenvalue weighted by Crippen LogP contribution is 2.10. The molecule has 13 heavy (non-hydrogen) atoms. The summed E-state index contributed by atoms with van der Waals surface area (Å²) in [6.45, 7) is 0. The Morgan fingerprint density at radius 3 is 2.38 bits per heavy atom. The first-order chi connectivity index (χ1) is 6.17. The quantitative estimate of drug-likeness (QED) is 0.837. The number of hydrogen-bond acceptors (Lipinski definition) is 2. The smallest absolute Gasteiger partial charge is 0.181 e. The summed E-state index contributed by atoms with van der Waals surface area (Å²) < 4.78 is 23.0. The minimum atomic E-state index is -3.14. The van der Waals surface area contributed by atoms with Gasteiger partial charge in [0.2, 0.25) is 0 Å². The SMILES string of the molecule is O=S(=O)(CC=CBr)c1ccccc1. The molecular weight excluding hydrogens is 252 g/mol. The molecular formula is C9H9BrO2S. The summed E-state index contributed by atoms with van der Waals surface area (Å²) in [6, 6.07) is 8.41. The Balaban J connectivity index is 2.95. The summed E-state index contributed by atoms with van der Waals surface area (Å²) in [5, 5.41) is 0. The standard InChI is InChI=1S/C9H9BrO2S/c10-7-4-8-13(11,12)9-5-2-1-3-6-9/h1-7H,8H2. The molecule has 0 saturated carbocycles. The number of benzene rings is 1. The molecule has 0 aliphatic rings. The van der Waals surface area contributed by atoms with Crippen LogP contribution in [-0.2, 0) is 9.84 Å². The van der Waals surface area contributed by atoms with E-state index in [2.05, 4.69) is 15.9 Å². The Labute approximate surface area is 86.3 Å². The molecule has 1 aromatic carbocycles. The summed E-state index contributed by atoms with van der Waals surface area (Å²) in [5.41, 5.74) is 0. The van der Waals surface area contributed by atoms with Crippen LogP contribution < -0.4 is 0 Å². The third-order valence-electron chi connectivity index (χ3n) is 1.51. The van der Waals surface area contributed by atoms with Crippen LogP contribution in [0.3, 0.4) is 0 Å². The zero-order chi connectivity index (χ0) is 9.73. The molecule has 0 unspecified atom stereocenters. The largest absolute Gasteiger partial charge is 0.223 e. The molecule has 4 heteroatoms. The molecule has 0 heterocycles. The maximum atomic E-state index is 11.5. The first kappa shape index (κ1) is 10.5. The Bertz CT molecular complexity index is 381. The van der Waals surface area contributed by atoms with E-state index in [1.54, 1.807) is 41.4 Å². The van der Waals surface area contributed by atoms with Crippen molar-refractivity contribution < 1.29 is 8.42 Å². The zero-order valence-corrected chi connectivity index (χ0v) is 9.25. The van der Waals surface area contributed by atoms with Crippen LogP contribution >= 0.6 is 15.9 Å². The van der Waals surface area contributed by atoms with Crippen molar-refractivity contribution in [3.8, 4) is 0 Å². The van der Waals surface area contributed by atoms with E-state index >= 15 is 0 Å². The summed E-state index contributed by atoms with van der Waals surface area (Å²) in [5.74, 6) is 0.0300. The van der Waals surface area contributed by atoms with Crippen LogP contribution in [0.1, 0.15) is 0 Å². The van der Waals surface area contributed by atoms with E-state index in [1.165, 1.54) is 0 Å². The molecule has 0 amide bonds. The summed E-state index contributed by atoms with van der Waals surface area (Å²) in [4.78, 5) is 1.91. The van der Waals surface area contributed by atoms with Crippen molar-refractivity contribution in [2.24, 2.45) is 0 Å². The van der Waals surface area contributed by atoms with Gasteiger partial charge in [0.1, 0.15) is 0 Å². The molecule has 0 aromatic heterocycles. The Morgan fingerprint density at radius 1 is 1.23 bits per heavy atom. The molecule has 0 aliphatic carbocycles. The minimum absolute atomic E-state index is 0.0300. The lowest BCUT2D eigenvalue weighted by atomic mass is 10.4. The van der Waals surface area contributed by atoms with E-state index in [-0.39, 0.29) is 5.75 Å². The van der Waals surface area contributed by atoms with E-state index < -0.39 is 9.84 Å². The Hall–Kier alpha value is -0.610. The van der Waals surface area contributed by atoms with Gasteiger partial charge in [0, 0.05) is 0 Å². The van der Waals surface area contributed by atoms with Gasteiger partial charge in [0.05, 0.1) is 10.6 Å². The van der Waals surface area contributed by atoms with E-state index in [0.29, 0.717) is 4.90 Å². The van der Waals surface area contributed by atoms with Gasteiger partial charge in [-0.15, -0.1) is 0 Å². The molecule has 0 N–H and O–H groups in total. The normalized spacial score (nSPS) is 12.1. The number of hydrogen-bond donors (Lipinski definition) is 0. The van der Waals surface area contributed by atoms with Crippen LogP contribution in [0.2, 0.25) is 0 Å².